The largest absolute Gasteiger partial charge is 0.394 e. The zero-order chi connectivity index (χ0) is 31.7. The van der Waals surface area contributed by atoms with Crippen LogP contribution in [0.4, 0.5) is 0 Å². The molecule has 0 bridgehead atoms. The second-order valence-corrected chi connectivity index (χ2v) is 10.7. The highest BCUT2D eigenvalue weighted by atomic mass is 16.8. The molecule has 4 rings (SSSR count). The van der Waals surface area contributed by atoms with Crippen molar-refractivity contribution in [3.63, 3.8) is 0 Å². The van der Waals surface area contributed by atoms with Crippen LogP contribution in [0.2, 0.25) is 0 Å². The van der Waals surface area contributed by atoms with E-state index in [2.05, 4.69) is 0 Å². The second kappa shape index (κ2) is 14.7. The molecule has 0 unspecified atom stereocenters. The van der Waals surface area contributed by atoms with E-state index in [1.54, 1.807) is 0 Å². The summed E-state index contributed by atoms with van der Waals surface area (Å²) in [5, 5.41) is 132. The smallest absolute Gasteiger partial charge is 0.187 e. The van der Waals surface area contributed by atoms with E-state index in [-0.39, 0.29) is 0 Å². The van der Waals surface area contributed by atoms with Crippen molar-refractivity contribution < 1.29 is 99.5 Å². The minimum atomic E-state index is -1.98. The van der Waals surface area contributed by atoms with E-state index >= 15 is 0 Å². The standard InChI is InChI=1S/C23H40O20/c24-1-6-10(29)12(31)15(34)22(39-6)43-19-13(32)11(30)7(2-25)40-23(19)41-17-8(3-26)38-20(36)16(35)18(17)42-21-14(33)9(28)5(27)4-37-21/h5-36H,1-4H2/t5-,6-,7-,8-,9+,10-,11-,12+,13+,14-,15-,16-,17+,18-,19-,20-,21+,22+,23+/m1/s1. The molecule has 20 nitrogen and oxygen atoms in total. The van der Waals surface area contributed by atoms with Gasteiger partial charge in [0.1, 0.15) is 91.6 Å². The Morgan fingerprint density at radius 1 is 0.442 bits per heavy atom. The van der Waals surface area contributed by atoms with Gasteiger partial charge in [0, 0.05) is 0 Å². The van der Waals surface area contributed by atoms with Gasteiger partial charge in [0.05, 0.1) is 26.4 Å². The van der Waals surface area contributed by atoms with Crippen molar-refractivity contribution in [1.82, 2.24) is 0 Å². The van der Waals surface area contributed by atoms with Gasteiger partial charge in [-0.3, -0.25) is 0 Å². The van der Waals surface area contributed by atoms with Crippen LogP contribution in [0.1, 0.15) is 0 Å². The third-order valence-corrected chi connectivity index (χ3v) is 7.81. The summed E-state index contributed by atoms with van der Waals surface area (Å²) in [7, 11) is 0. The van der Waals surface area contributed by atoms with Gasteiger partial charge in [0.2, 0.25) is 0 Å². The molecule has 43 heavy (non-hydrogen) atoms. The van der Waals surface area contributed by atoms with Crippen LogP contribution in [0, 0.1) is 0 Å². The van der Waals surface area contributed by atoms with E-state index in [0.29, 0.717) is 0 Å². The topological polar surface area (TPSA) is 328 Å². The van der Waals surface area contributed by atoms with Crippen LogP contribution in [0.15, 0.2) is 0 Å². The van der Waals surface area contributed by atoms with Crippen molar-refractivity contribution in [3.8, 4) is 0 Å². The highest BCUT2D eigenvalue weighted by Crippen LogP contribution is 2.34. The molecule has 4 aliphatic heterocycles. The van der Waals surface area contributed by atoms with E-state index in [9.17, 15) is 66.4 Å². The highest BCUT2D eigenvalue weighted by Gasteiger charge is 2.55. The maximum Gasteiger partial charge on any atom is 0.187 e. The van der Waals surface area contributed by atoms with Crippen LogP contribution in [0.3, 0.4) is 0 Å². The SMILES string of the molecule is OC[C@H]1O[C@@H](O[C@H]2[C@H](O[C@@H]3[C@H](O[C@@H]4OC[C@@H](O)[C@H](O)[C@H]4O)[C@@H](O)[C@H](O)O[C@@H]3CO)O[C@H](CO)[C@@H](O)[C@@H]2O)[C@H](O)[C@@H](O)[C@@H]1O. The van der Waals surface area contributed by atoms with Crippen molar-refractivity contribution >= 4 is 0 Å². The summed E-state index contributed by atoms with van der Waals surface area (Å²) in [5.41, 5.74) is 0. The Kier molecular flexibility index (Phi) is 12.0. The molecular formula is C23H40O20. The molecule has 0 spiro atoms. The molecular weight excluding hydrogens is 596 g/mol. The fraction of sp³-hybridized carbons (Fsp3) is 1.00. The number of hydrogen-bond donors (Lipinski definition) is 13. The third kappa shape index (κ3) is 7.13. The van der Waals surface area contributed by atoms with Gasteiger partial charge in [-0.1, -0.05) is 0 Å². The van der Waals surface area contributed by atoms with Crippen molar-refractivity contribution in [1.29, 1.82) is 0 Å². The minimum Gasteiger partial charge on any atom is -0.394 e. The summed E-state index contributed by atoms with van der Waals surface area (Å²) in [6.07, 6.45) is -33.6. The number of aliphatic hydroxyl groups is 13. The average molecular weight is 637 g/mol. The lowest BCUT2D eigenvalue weighted by molar-refractivity contribution is -0.397. The van der Waals surface area contributed by atoms with E-state index in [0.717, 1.165) is 0 Å². The van der Waals surface area contributed by atoms with E-state index in [4.69, 9.17) is 33.2 Å². The third-order valence-electron chi connectivity index (χ3n) is 7.81. The molecule has 0 amide bonds. The predicted octanol–water partition coefficient (Wildman–Crippen LogP) is -9.11. The zero-order valence-electron chi connectivity index (χ0n) is 22.5. The van der Waals surface area contributed by atoms with Crippen LogP contribution in [-0.4, -0.2) is 210 Å². The summed E-state index contributed by atoms with van der Waals surface area (Å²) >= 11 is 0. The maximum absolute atomic E-state index is 10.9. The Balaban J connectivity index is 1.61. The lowest BCUT2D eigenvalue weighted by atomic mass is 9.96. The summed E-state index contributed by atoms with van der Waals surface area (Å²) in [4.78, 5) is 0. The lowest BCUT2D eigenvalue weighted by Crippen LogP contribution is -2.67. The zero-order valence-corrected chi connectivity index (χ0v) is 22.5. The molecule has 0 aromatic heterocycles. The first kappa shape index (κ1) is 35.1. The first-order valence-electron chi connectivity index (χ1n) is 13.5. The number of ether oxygens (including phenoxy) is 7. The quantitative estimate of drug-likeness (QED) is 0.112. The van der Waals surface area contributed by atoms with Crippen LogP contribution in [-0.2, 0) is 33.2 Å². The van der Waals surface area contributed by atoms with Crippen LogP contribution in [0.25, 0.3) is 0 Å². The normalized spacial score (nSPS) is 53.1. The Labute approximate surface area is 243 Å². The van der Waals surface area contributed by atoms with Gasteiger partial charge in [0.25, 0.3) is 0 Å². The molecule has 4 aliphatic rings. The molecule has 20 heteroatoms. The molecule has 0 aromatic rings. The van der Waals surface area contributed by atoms with Gasteiger partial charge < -0.3 is 99.5 Å². The maximum atomic E-state index is 10.9. The van der Waals surface area contributed by atoms with E-state index < -0.39 is 143 Å². The molecule has 252 valence electrons. The van der Waals surface area contributed by atoms with Crippen molar-refractivity contribution in [3.05, 3.63) is 0 Å². The van der Waals surface area contributed by atoms with Gasteiger partial charge in [0.15, 0.2) is 25.2 Å². The van der Waals surface area contributed by atoms with Gasteiger partial charge in [-0.15, -0.1) is 0 Å². The number of aliphatic hydroxyl groups excluding tert-OH is 13. The Morgan fingerprint density at radius 2 is 0.953 bits per heavy atom. The van der Waals surface area contributed by atoms with Crippen LogP contribution < -0.4 is 0 Å². The second-order valence-electron chi connectivity index (χ2n) is 10.7. The monoisotopic (exact) mass is 636 g/mol. The minimum absolute atomic E-state index is 0.497. The Morgan fingerprint density at radius 3 is 1.56 bits per heavy atom. The summed E-state index contributed by atoms with van der Waals surface area (Å²) < 4.78 is 38.3. The Bertz CT molecular complexity index is 869. The first-order valence-corrected chi connectivity index (χ1v) is 13.5. The first-order chi connectivity index (χ1) is 20.3. The van der Waals surface area contributed by atoms with Gasteiger partial charge >= 0.3 is 0 Å². The average Bonchev–Trinajstić information content (AvgIpc) is 2.99. The molecule has 4 saturated heterocycles. The van der Waals surface area contributed by atoms with E-state index in [1.807, 2.05) is 0 Å². The highest BCUT2D eigenvalue weighted by molar-refractivity contribution is 4.97. The molecule has 0 aromatic carbocycles. The van der Waals surface area contributed by atoms with Gasteiger partial charge in [-0.05, 0) is 0 Å². The van der Waals surface area contributed by atoms with E-state index in [1.165, 1.54) is 0 Å². The number of rotatable bonds is 9. The summed E-state index contributed by atoms with van der Waals surface area (Å²) in [5.74, 6) is 0. The summed E-state index contributed by atoms with van der Waals surface area (Å²) in [6.45, 7) is -3.06. The molecule has 13 N–H and O–H groups in total. The van der Waals surface area contributed by atoms with Gasteiger partial charge in [-0.25, -0.2) is 0 Å². The molecule has 4 heterocycles. The molecule has 19 atom stereocenters. The fourth-order valence-electron chi connectivity index (χ4n) is 5.23. The van der Waals surface area contributed by atoms with Crippen LogP contribution >= 0.6 is 0 Å². The molecule has 0 radical (unpaired) electrons. The van der Waals surface area contributed by atoms with Crippen molar-refractivity contribution in [2.45, 2.75) is 117 Å². The van der Waals surface area contributed by atoms with Crippen molar-refractivity contribution in [2.75, 3.05) is 26.4 Å². The summed E-state index contributed by atoms with van der Waals surface area (Å²) in [6, 6.07) is 0. The number of hydrogen-bond acceptors (Lipinski definition) is 20. The van der Waals surface area contributed by atoms with Crippen LogP contribution in [0.5, 0.6) is 0 Å². The van der Waals surface area contributed by atoms with Gasteiger partial charge in [-0.2, -0.15) is 0 Å². The fourth-order valence-corrected chi connectivity index (χ4v) is 5.23. The molecule has 4 fully saturated rings. The Hall–Kier alpha value is -0.800. The molecule has 0 aliphatic carbocycles. The predicted molar refractivity (Wildman–Crippen MR) is 128 cm³/mol. The molecule has 0 saturated carbocycles. The lowest BCUT2D eigenvalue weighted by Gasteiger charge is -2.49. The van der Waals surface area contributed by atoms with Crippen molar-refractivity contribution in [2.24, 2.45) is 0 Å².